The van der Waals surface area contributed by atoms with E-state index in [0.29, 0.717) is 16.4 Å². The number of benzene rings is 1. The molecule has 0 unspecified atom stereocenters. The third-order valence-corrected chi connectivity index (χ3v) is 5.53. The highest BCUT2D eigenvalue weighted by Crippen LogP contribution is 2.20. The molecule has 1 aliphatic rings. The topological polar surface area (TPSA) is 63.5 Å². The number of para-hydroxylation sites is 2. The van der Waals surface area contributed by atoms with Gasteiger partial charge in [0.25, 0.3) is 11.5 Å². The molecular formula is C19H19N3O2S. The molecule has 0 bridgehead atoms. The molecule has 25 heavy (non-hydrogen) atoms. The van der Waals surface area contributed by atoms with Gasteiger partial charge < -0.3 is 5.32 Å². The van der Waals surface area contributed by atoms with Crippen LogP contribution in [0.3, 0.4) is 0 Å². The molecule has 3 aromatic rings. The summed E-state index contributed by atoms with van der Waals surface area (Å²) in [5, 5.41) is 2.93. The molecule has 6 heteroatoms. The van der Waals surface area contributed by atoms with E-state index in [0.717, 1.165) is 30.3 Å². The van der Waals surface area contributed by atoms with E-state index < -0.39 is 0 Å². The summed E-state index contributed by atoms with van der Waals surface area (Å²) in [6.07, 6.45) is 7.96. The first-order valence-electron chi connectivity index (χ1n) is 8.60. The third kappa shape index (κ3) is 3.22. The van der Waals surface area contributed by atoms with Crippen molar-refractivity contribution in [2.24, 2.45) is 0 Å². The lowest BCUT2D eigenvalue weighted by Gasteiger charge is -2.12. The van der Waals surface area contributed by atoms with Gasteiger partial charge in [0.05, 0.1) is 11.0 Å². The van der Waals surface area contributed by atoms with Crippen molar-refractivity contribution in [1.82, 2.24) is 14.7 Å². The fourth-order valence-electron chi connectivity index (χ4n) is 3.26. The first-order chi connectivity index (χ1) is 12.2. The number of hydrogen-bond donors (Lipinski definition) is 1. The quantitative estimate of drug-likeness (QED) is 0.730. The highest BCUT2D eigenvalue weighted by atomic mass is 32.1. The van der Waals surface area contributed by atoms with Crippen molar-refractivity contribution in [1.29, 1.82) is 0 Å². The highest BCUT2D eigenvalue weighted by molar-refractivity contribution is 7.18. The van der Waals surface area contributed by atoms with Gasteiger partial charge >= 0.3 is 0 Å². The molecule has 1 aliphatic carbocycles. The Labute approximate surface area is 149 Å². The summed E-state index contributed by atoms with van der Waals surface area (Å²) in [7, 11) is 0. The number of carbonyl (C=O) groups excluding carboxylic acids is 1. The van der Waals surface area contributed by atoms with Gasteiger partial charge in [-0.1, -0.05) is 35.1 Å². The third-order valence-electron chi connectivity index (χ3n) is 4.55. The Morgan fingerprint density at radius 3 is 3.00 bits per heavy atom. The van der Waals surface area contributed by atoms with Crippen molar-refractivity contribution in [2.45, 2.75) is 32.1 Å². The van der Waals surface area contributed by atoms with Gasteiger partial charge in [-0.25, -0.2) is 4.98 Å². The van der Waals surface area contributed by atoms with Gasteiger partial charge in [-0.05, 0) is 44.2 Å². The lowest BCUT2D eigenvalue weighted by Crippen LogP contribution is -2.26. The second kappa shape index (κ2) is 6.80. The van der Waals surface area contributed by atoms with Crippen molar-refractivity contribution in [3.05, 3.63) is 57.2 Å². The predicted octanol–water partition coefficient (Wildman–Crippen LogP) is 3.53. The van der Waals surface area contributed by atoms with E-state index >= 15 is 0 Å². The first-order valence-corrected chi connectivity index (χ1v) is 9.41. The maximum absolute atomic E-state index is 12.4. The van der Waals surface area contributed by atoms with E-state index in [1.807, 2.05) is 24.3 Å². The minimum atomic E-state index is -0.220. The zero-order chi connectivity index (χ0) is 17.2. The molecule has 2 aromatic heterocycles. The highest BCUT2D eigenvalue weighted by Gasteiger charge is 2.14. The van der Waals surface area contributed by atoms with Gasteiger partial charge in [0.2, 0.25) is 0 Å². The maximum Gasteiger partial charge on any atom is 0.261 e. The van der Waals surface area contributed by atoms with Crippen LogP contribution in [0.5, 0.6) is 0 Å². The SMILES string of the molecule is O=C(NCCC1=CCCCC1)c1cc(=O)n2c(nc3ccccc32)s1. The van der Waals surface area contributed by atoms with E-state index in [9.17, 15) is 9.59 Å². The van der Waals surface area contributed by atoms with Crippen LogP contribution in [-0.2, 0) is 0 Å². The molecule has 0 fully saturated rings. The summed E-state index contributed by atoms with van der Waals surface area (Å²) >= 11 is 1.25. The van der Waals surface area contributed by atoms with Crippen molar-refractivity contribution < 1.29 is 4.79 Å². The molecule has 2 heterocycles. The van der Waals surface area contributed by atoms with Crippen molar-refractivity contribution >= 4 is 33.2 Å². The Kier molecular flexibility index (Phi) is 4.36. The average Bonchev–Trinajstić information content (AvgIpc) is 3.01. The minimum Gasteiger partial charge on any atom is -0.351 e. The largest absolute Gasteiger partial charge is 0.351 e. The molecule has 0 aliphatic heterocycles. The summed E-state index contributed by atoms with van der Waals surface area (Å²) in [5.74, 6) is -0.201. The summed E-state index contributed by atoms with van der Waals surface area (Å²) in [6.45, 7) is 0.604. The zero-order valence-electron chi connectivity index (χ0n) is 13.8. The molecule has 1 aromatic carbocycles. The monoisotopic (exact) mass is 353 g/mol. The number of nitrogens with zero attached hydrogens (tertiary/aromatic N) is 2. The van der Waals surface area contributed by atoms with Crippen LogP contribution in [0.1, 0.15) is 41.8 Å². The van der Waals surface area contributed by atoms with Crippen LogP contribution in [0.2, 0.25) is 0 Å². The lowest BCUT2D eigenvalue weighted by atomic mass is 9.97. The van der Waals surface area contributed by atoms with Crippen LogP contribution in [0.15, 0.2) is 46.8 Å². The number of nitrogens with one attached hydrogen (secondary N) is 1. The van der Waals surface area contributed by atoms with E-state index in [-0.39, 0.29) is 11.5 Å². The fourth-order valence-corrected chi connectivity index (χ4v) is 4.20. The Hall–Kier alpha value is -2.47. The molecule has 128 valence electrons. The molecule has 0 saturated heterocycles. The number of hydrogen-bond acceptors (Lipinski definition) is 4. The molecule has 0 saturated carbocycles. The number of aromatic nitrogens is 2. The average molecular weight is 353 g/mol. The van der Waals surface area contributed by atoms with Crippen molar-refractivity contribution in [3.8, 4) is 0 Å². The lowest BCUT2D eigenvalue weighted by molar-refractivity contribution is 0.0958. The molecule has 5 nitrogen and oxygen atoms in total. The van der Waals surface area contributed by atoms with Gasteiger partial charge in [0, 0.05) is 12.6 Å². The molecule has 0 spiro atoms. The van der Waals surface area contributed by atoms with E-state index in [4.69, 9.17) is 0 Å². The number of imidazole rings is 1. The number of rotatable bonds is 4. The Morgan fingerprint density at radius 2 is 2.16 bits per heavy atom. The van der Waals surface area contributed by atoms with Crippen LogP contribution >= 0.6 is 11.3 Å². The van der Waals surface area contributed by atoms with Gasteiger partial charge in [-0.15, -0.1) is 0 Å². The Bertz CT molecular complexity index is 1030. The normalized spacial score (nSPS) is 14.6. The second-order valence-corrected chi connectivity index (χ2v) is 7.29. The Balaban J connectivity index is 1.54. The summed E-state index contributed by atoms with van der Waals surface area (Å²) in [5.41, 5.74) is 2.74. The molecule has 0 radical (unpaired) electrons. The standard InChI is InChI=1S/C19H19N3O2S/c23-17-12-16(18(24)20-11-10-13-6-2-1-3-7-13)25-19-21-14-8-4-5-9-15(14)22(17)19/h4-6,8-9,12H,1-3,7,10-11H2,(H,20,24). The van der Waals surface area contributed by atoms with E-state index in [2.05, 4.69) is 16.4 Å². The molecule has 1 N–H and O–H groups in total. The molecule has 4 rings (SSSR count). The van der Waals surface area contributed by atoms with Gasteiger partial charge in [0.1, 0.15) is 4.88 Å². The predicted molar refractivity (Wildman–Crippen MR) is 100 cm³/mol. The van der Waals surface area contributed by atoms with Gasteiger partial charge in [0.15, 0.2) is 4.96 Å². The van der Waals surface area contributed by atoms with Crippen LogP contribution in [0, 0.1) is 0 Å². The zero-order valence-corrected chi connectivity index (χ0v) is 14.6. The van der Waals surface area contributed by atoms with Crippen LogP contribution < -0.4 is 10.9 Å². The van der Waals surface area contributed by atoms with Crippen LogP contribution in [-0.4, -0.2) is 21.8 Å². The number of carbonyl (C=O) groups is 1. The van der Waals surface area contributed by atoms with E-state index in [1.165, 1.54) is 35.8 Å². The number of allylic oxidation sites excluding steroid dienone is 1. The summed E-state index contributed by atoms with van der Waals surface area (Å²) in [6, 6.07) is 8.90. The molecule has 0 atom stereocenters. The van der Waals surface area contributed by atoms with Gasteiger partial charge in [-0.2, -0.15) is 0 Å². The van der Waals surface area contributed by atoms with E-state index in [1.54, 1.807) is 4.40 Å². The first kappa shape index (κ1) is 16.0. The van der Waals surface area contributed by atoms with Crippen molar-refractivity contribution in [2.75, 3.05) is 6.54 Å². The van der Waals surface area contributed by atoms with Gasteiger partial charge in [-0.3, -0.25) is 14.0 Å². The van der Waals surface area contributed by atoms with Crippen LogP contribution in [0.25, 0.3) is 16.0 Å². The molecule has 1 amide bonds. The maximum atomic E-state index is 12.4. The smallest absolute Gasteiger partial charge is 0.261 e. The number of fused-ring (bicyclic) bond motifs is 3. The number of amides is 1. The summed E-state index contributed by atoms with van der Waals surface area (Å²) in [4.78, 5) is 30.3. The Morgan fingerprint density at radius 1 is 1.28 bits per heavy atom. The second-order valence-electron chi connectivity index (χ2n) is 6.28. The van der Waals surface area contributed by atoms with Crippen molar-refractivity contribution in [3.63, 3.8) is 0 Å². The summed E-state index contributed by atoms with van der Waals surface area (Å²) < 4.78 is 1.56. The van der Waals surface area contributed by atoms with Crippen LogP contribution in [0.4, 0.5) is 0 Å². The minimum absolute atomic E-state index is 0.201. The fraction of sp³-hybridized carbons (Fsp3) is 0.316. The molecular weight excluding hydrogens is 334 g/mol.